The van der Waals surface area contributed by atoms with Crippen molar-refractivity contribution in [2.75, 3.05) is 6.54 Å². The van der Waals surface area contributed by atoms with E-state index in [9.17, 15) is 9.90 Å². The number of carbonyl (C=O) groups excluding carboxylic acids is 1. The number of aryl methyl sites for hydroxylation is 2. The molecule has 0 aliphatic rings. The summed E-state index contributed by atoms with van der Waals surface area (Å²) in [5.41, 5.74) is 1.09. The summed E-state index contributed by atoms with van der Waals surface area (Å²) in [6.07, 6.45) is 4.36. The molecule has 0 aromatic carbocycles. The van der Waals surface area contributed by atoms with Crippen molar-refractivity contribution in [1.82, 2.24) is 15.1 Å². The fraction of sp³-hybridized carbons (Fsp3) is 0.692. The van der Waals surface area contributed by atoms with E-state index in [4.69, 9.17) is 0 Å². The molecule has 1 rings (SSSR count). The van der Waals surface area contributed by atoms with Crippen LogP contribution in [0, 0.1) is 12.8 Å². The summed E-state index contributed by atoms with van der Waals surface area (Å²) >= 11 is 0. The van der Waals surface area contributed by atoms with E-state index >= 15 is 0 Å². The van der Waals surface area contributed by atoms with E-state index in [1.807, 2.05) is 27.0 Å². The molecule has 0 saturated carbocycles. The molecular formula is C13H23N3O2. The largest absolute Gasteiger partial charge is 0.393 e. The lowest BCUT2D eigenvalue weighted by Crippen LogP contribution is -2.29. The van der Waals surface area contributed by atoms with Crippen LogP contribution >= 0.6 is 0 Å². The lowest BCUT2D eigenvalue weighted by molar-refractivity contribution is -0.121. The van der Waals surface area contributed by atoms with Crippen LogP contribution in [0.1, 0.15) is 32.3 Å². The lowest BCUT2D eigenvalue weighted by atomic mass is 10.0. The molecule has 1 atom stereocenters. The van der Waals surface area contributed by atoms with Crippen molar-refractivity contribution in [3.05, 3.63) is 18.0 Å². The molecule has 2 N–H and O–H groups in total. The Morgan fingerprint density at radius 2 is 2.28 bits per heavy atom. The van der Waals surface area contributed by atoms with Gasteiger partial charge in [-0.15, -0.1) is 0 Å². The molecule has 18 heavy (non-hydrogen) atoms. The fourth-order valence-electron chi connectivity index (χ4n) is 1.59. The number of aliphatic hydroxyl groups excluding tert-OH is 1. The van der Waals surface area contributed by atoms with Crippen molar-refractivity contribution in [2.24, 2.45) is 5.92 Å². The molecule has 1 amide bonds. The Bertz CT molecular complexity index is 374. The molecule has 0 aliphatic carbocycles. The summed E-state index contributed by atoms with van der Waals surface area (Å²) < 4.78 is 1.76. The first kappa shape index (κ1) is 14.7. The van der Waals surface area contributed by atoms with E-state index in [0.29, 0.717) is 25.9 Å². The van der Waals surface area contributed by atoms with Crippen LogP contribution < -0.4 is 5.32 Å². The van der Waals surface area contributed by atoms with Crippen molar-refractivity contribution in [3.63, 3.8) is 0 Å². The Balaban J connectivity index is 2.14. The molecule has 1 heterocycles. The highest BCUT2D eigenvalue weighted by molar-refractivity contribution is 5.75. The zero-order valence-corrected chi connectivity index (χ0v) is 11.4. The van der Waals surface area contributed by atoms with Gasteiger partial charge in [0.15, 0.2) is 0 Å². The SMILES string of the molecule is Cc1cnn(CCC(=O)NCCC(O)C(C)C)c1. The quantitative estimate of drug-likeness (QED) is 0.765. The molecule has 1 aromatic heterocycles. The summed E-state index contributed by atoms with van der Waals surface area (Å²) in [4.78, 5) is 11.5. The number of aromatic nitrogens is 2. The van der Waals surface area contributed by atoms with Crippen LogP contribution in [0.15, 0.2) is 12.4 Å². The molecule has 0 spiro atoms. The van der Waals surface area contributed by atoms with Gasteiger partial charge in [-0.05, 0) is 24.8 Å². The summed E-state index contributed by atoms with van der Waals surface area (Å²) in [5, 5.41) is 16.5. The molecule has 0 aliphatic heterocycles. The highest BCUT2D eigenvalue weighted by atomic mass is 16.3. The lowest BCUT2D eigenvalue weighted by Gasteiger charge is -2.14. The molecule has 0 bridgehead atoms. The second kappa shape index (κ2) is 7.16. The molecule has 5 heteroatoms. The highest BCUT2D eigenvalue weighted by Crippen LogP contribution is 2.04. The van der Waals surface area contributed by atoms with Crippen LogP contribution in [-0.2, 0) is 11.3 Å². The Hall–Kier alpha value is -1.36. The molecule has 102 valence electrons. The summed E-state index contributed by atoms with van der Waals surface area (Å²) in [6.45, 7) is 7.01. The monoisotopic (exact) mass is 253 g/mol. The van der Waals surface area contributed by atoms with Gasteiger partial charge in [-0.3, -0.25) is 9.48 Å². The van der Waals surface area contributed by atoms with Gasteiger partial charge >= 0.3 is 0 Å². The number of hydrogen-bond acceptors (Lipinski definition) is 3. The van der Waals surface area contributed by atoms with Crippen LogP contribution in [0.5, 0.6) is 0 Å². The van der Waals surface area contributed by atoms with E-state index in [1.165, 1.54) is 0 Å². The average molecular weight is 253 g/mol. The van der Waals surface area contributed by atoms with Gasteiger partial charge in [-0.25, -0.2) is 0 Å². The molecular weight excluding hydrogens is 230 g/mol. The van der Waals surface area contributed by atoms with Crippen molar-refractivity contribution >= 4 is 5.91 Å². The second-order valence-corrected chi connectivity index (χ2v) is 4.98. The van der Waals surface area contributed by atoms with Crippen LogP contribution in [0.4, 0.5) is 0 Å². The van der Waals surface area contributed by atoms with Crippen molar-refractivity contribution in [1.29, 1.82) is 0 Å². The third-order valence-corrected chi connectivity index (χ3v) is 2.86. The first-order chi connectivity index (χ1) is 8.49. The highest BCUT2D eigenvalue weighted by Gasteiger charge is 2.09. The fourth-order valence-corrected chi connectivity index (χ4v) is 1.59. The third kappa shape index (κ3) is 5.31. The Morgan fingerprint density at radius 3 is 2.83 bits per heavy atom. The summed E-state index contributed by atoms with van der Waals surface area (Å²) in [6, 6.07) is 0. The van der Waals surface area contributed by atoms with Gasteiger partial charge in [-0.2, -0.15) is 5.10 Å². The van der Waals surface area contributed by atoms with Gasteiger partial charge in [-0.1, -0.05) is 13.8 Å². The number of carbonyl (C=O) groups is 1. The number of nitrogens with zero attached hydrogens (tertiary/aromatic N) is 2. The minimum atomic E-state index is -0.348. The number of amides is 1. The Kier molecular flexibility index (Phi) is 5.85. The standard InChI is InChI=1S/C13H23N3O2/c1-10(2)12(17)4-6-14-13(18)5-7-16-9-11(3)8-15-16/h8-10,12,17H,4-7H2,1-3H3,(H,14,18). The van der Waals surface area contributed by atoms with Gasteiger partial charge in [0.2, 0.25) is 5.91 Å². The van der Waals surface area contributed by atoms with E-state index < -0.39 is 0 Å². The van der Waals surface area contributed by atoms with Crippen molar-refractivity contribution < 1.29 is 9.90 Å². The molecule has 0 fully saturated rings. The zero-order chi connectivity index (χ0) is 13.5. The van der Waals surface area contributed by atoms with E-state index in [1.54, 1.807) is 10.9 Å². The number of hydrogen-bond donors (Lipinski definition) is 2. The second-order valence-electron chi connectivity index (χ2n) is 4.98. The van der Waals surface area contributed by atoms with Crippen LogP contribution in [0.25, 0.3) is 0 Å². The molecule has 0 radical (unpaired) electrons. The normalized spacial score (nSPS) is 12.7. The number of nitrogens with one attached hydrogen (secondary N) is 1. The minimum absolute atomic E-state index is 0.000825. The van der Waals surface area contributed by atoms with Crippen molar-refractivity contribution in [3.8, 4) is 0 Å². The first-order valence-electron chi connectivity index (χ1n) is 6.43. The maximum Gasteiger partial charge on any atom is 0.221 e. The topological polar surface area (TPSA) is 67.2 Å². The van der Waals surface area contributed by atoms with Crippen LogP contribution in [0.3, 0.4) is 0 Å². The maximum atomic E-state index is 11.5. The Labute approximate surface area is 108 Å². The third-order valence-electron chi connectivity index (χ3n) is 2.86. The van der Waals surface area contributed by atoms with E-state index in [-0.39, 0.29) is 17.9 Å². The molecule has 5 nitrogen and oxygen atoms in total. The predicted octanol–water partition coefficient (Wildman–Crippen LogP) is 1.10. The van der Waals surface area contributed by atoms with Gasteiger partial charge in [0.25, 0.3) is 0 Å². The van der Waals surface area contributed by atoms with Gasteiger partial charge in [0.1, 0.15) is 0 Å². The zero-order valence-electron chi connectivity index (χ0n) is 11.4. The van der Waals surface area contributed by atoms with Crippen molar-refractivity contribution in [2.45, 2.75) is 46.3 Å². The van der Waals surface area contributed by atoms with E-state index in [0.717, 1.165) is 5.56 Å². The summed E-state index contributed by atoms with van der Waals surface area (Å²) in [7, 11) is 0. The van der Waals surface area contributed by atoms with E-state index in [2.05, 4.69) is 10.4 Å². The number of rotatable bonds is 7. The first-order valence-corrected chi connectivity index (χ1v) is 6.43. The maximum absolute atomic E-state index is 11.5. The molecule has 1 aromatic rings. The Morgan fingerprint density at radius 1 is 1.56 bits per heavy atom. The summed E-state index contributed by atoms with van der Waals surface area (Å²) in [5.74, 6) is 0.230. The van der Waals surface area contributed by atoms with Gasteiger partial charge < -0.3 is 10.4 Å². The predicted molar refractivity (Wildman–Crippen MR) is 70.1 cm³/mol. The average Bonchev–Trinajstić information content (AvgIpc) is 2.72. The molecule has 0 saturated heterocycles. The molecule has 1 unspecified atom stereocenters. The van der Waals surface area contributed by atoms with Crippen LogP contribution in [0.2, 0.25) is 0 Å². The minimum Gasteiger partial charge on any atom is -0.393 e. The van der Waals surface area contributed by atoms with Gasteiger partial charge in [0.05, 0.1) is 12.3 Å². The van der Waals surface area contributed by atoms with Gasteiger partial charge in [0, 0.05) is 25.7 Å². The van der Waals surface area contributed by atoms with Crippen LogP contribution in [-0.4, -0.2) is 33.4 Å². The number of aliphatic hydroxyl groups is 1. The smallest absolute Gasteiger partial charge is 0.221 e.